The number of nitrogens with one attached hydrogen (secondary N) is 1. The van der Waals surface area contributed by atoms with Crippen LogP contribution in [0.15, 0.2) is 48.5 Å². The Morgan fingerprint density at radius 2 is 1.85 bits per heavy atom. The molecule has 1 N–H and O–H groups in total. The highest BCUT2D eigenvalue weighted by Gasteiger charge is 2.29. The van der Waals surface area contributed by atoms with Gasteiger partial charge in [-0.05, 0) is 29.3 Å². The molecule has 0 aromatic heterocycles. The summed E-state index contributed by atoms with van der Waals surface area (Å²) in [6.45, 7) is 6.87. The summed E-state index contributed by atoms with van der Waals surface area (Å²) in [5.74, 6) is 0.379. The minimum absolute atomic E-state index is 0.0287. The van der Waals surface area contributed by atoms with Gasteiger partial charge < -0.3 is 15.0 Å². The van der Waals surface area contributed by atoms with E-state index in [0.717, 1.165) is 44.1 Å². The molecule has 2 aromatic carbocycles. The number of ether oxygens (including phenoxy) is 1. The predicted octanol–water partition coefficient (Wildman–Crippen LogP) is 3.36. The molecule has 1 fully saturated rings. The number of para-hydroxylation sites is 1. The quantitative estimate of drug-likeness (QED) is 0.922. The standard InChI is InChI=1S/C21H25N3O2/c1-16-15-24(20-5-3-2-4-19(16)20)21(25)22-14-17-6-8-18(9-7-17)23-10-12-26-13-11-23/h2-9,16H,10-15H2,1H3,(H,22,25). The Hall–Kier alpha value is -2.53. The van der Waals surface area contributed by atoms with E-state index < -0.39 is 0 Å². The van der Waals surface area contributed by atoms with Gasteiger partial charge in [-0.2, -0.15) is 0 Å². The summed E-state index contributed by atoms with van der Waals surface area (Å²) in [4.78, 5) is 16.8. The highest BCUT2D eigenvalue weighted by atomic mass is 16.5. The molecular weight excluding hydrogens is 326 g/mol. The summed E-state index contributed by atoms with van der Waals surface area (Å²) in [6, 6.07) is 16.6. The third-order valence-corrected chi connectivity index (χ3v) is 5.22. The number of amides is 2. The lowest BCUT2D eigenvalue weighted by molar-refractivity contribution is 0.122. The number of rotatable bonds is 3. The van der Waals surface area contributed by atoms with Gasteiger partial charge in [0.15, 0.2) is 0 Å². The smallest absolute Gasteiger partial charge is 0.322 e. The first kappa shape index (κ1) is 16.9. The van der Waals surface area contributed by atoms with Gasteiger partial charge in [-0.25, -0.2) is 4.79 Å². The van der Waals surface area contributed by atoms with E-state index in [1.807, 2.05) is 23.1 Å². The van der Waals surface area contributed by atoms with Gasteiger partial charge in [0.2, 0.25) is 0 Å². The zero-order chi connectivity index (χ0) is 17.9. The Morgan fingerprint density at radius 1 is 1.12 bits per heavy atom. The van der Waals surface area contributed by atoms with Crippen LogP contribution < -0.4 is 15.1 Å². The molecule has 26 heavy (non-hydrogen) atoms. The van der Waals surface area contributed by atoms with E-state index in [1.54, 1.807) is 0 Å². The maximum absolute atomic E-state index is 12.6. The molecule has 1 atom stereocenters. The molecule has 2 heterocycles. The third kappa shape index (κ3) is 3.40. The number of morpholine rings is 1. The Balaban J connectivity index is 1.36. The Kier molecular flexibility index (Phi) is 4.80. The monoisotopic (exact) mass is 351 g/mol. The maximum Gasteiger partial charge on any atom is 0.322 e. The fourth-order valence-corrected chi connectivity index (χ4v) is 3.73. The second kappa shape index (κ2) is 7.38. The van der Waals surface area contributed by atoms with E-state index in [4.69, 9.17) is 4.74 Å². The van der Waals surface area contributed by atoms with Gasteiger partial charge in [0.1, 0.15) is 0 Å². The van der Waals surface area contributed by atoms with Crippen molar-refractivity contribution < 1.29 is 9.53 Å². The summed E-state index contributed by atoms with van der Waals surface area (Å²) in [6.07, 6.45) is 0. The third-order valence-electron chi connectivity index (χ3n) is 5.22. The van der Waals surface area contributed by atoms with Gasteiger partial charge in [0, 0.05) is 43.5 Å². The van der Waals surface area contributed by atoms with Gasteiger partial charge in [-0.15, -0.1) is 0 Å². The van der Waals surface area contributed by atoms with Crippen molar-refractivity contribution in [2.75, 3.05) is 42.6 Å². The molecule has 2 aliphatic rings. The van der Waals surface area contributed by atoms with E-state index >= 15 is 0 Å². The van der Waals surface area contributed by atoms with Crippen LogP contribution >= 0.6 is 0 Å². The van der Waals surface area contributed by atoms with Crippen LogP contribution in [0.4, 0.5) is 16.2 Å². The highest BCUT2D eigenvalue weighted by Crippen LogP contribution is 2.35. The van der Waals surface area contributed by atoms with Crippen LogP contribution in [-0.4, -0.2) is 38.9 Å². The largest absolute Gasteiger partial charge is 0.378 e. The van der Waals surface area contributed by atoms with E-state index in [9.17, 15) is 4.79 Å². The summed E-state index contributed by atoms with van der Waals surface area (Å²) in [5, 5.41) is 3.05. The van der Waals surface area contributed by atoms with Crippen molar-refractivity contribution in [2.24, 2.45) is 0 Å². The molecule has 4 rings (SSSR count). The summed E-state index contributed by atoms with van der Waals surface area (Å²) < 4.78 is 5.40. The number of anilines is 2. The van der Waals surface area contributed by atoms with E-state index in [1.165, 1.54) is 11.3 Å². The van der Waals surface area contributed by atoms with Crippen molar-refractivity contribution in [3.63, 3.8) is 0 Å². The lowest BCUT2D eigenvalue weighted by Crippen LogP contribution is -2.39. The van der Waals surface area contributed by atoms with Crippen LogP contribution in [0.1, 0.15) is 24.0 Å². The highest BCUT2D eigenvalue weighted by molar-refractivity contribution is 5.94. The number of carbonyl (C=O) groups is 1. The predicted molar refractivity (Wildman–Crippen MR) is 104 cm³/mol. The van der Waals surface area contributed by atoms with Crippen molar-refractivity contribution in [3.8, 4) is 0 Å². The molecule has 0 aliphatic carbocycles. The molecule has 2 amide bonds. The minimum Gasteiger partial charge on any atom is -0.378 e. The van der Waals surface area contributed by atoms with E-state index in [2.05, 4.69) is 47.5 Å². The van der Waals surface area contributed by atoms with Gasteiger partial charge in [-0.3, -0.25) is 4.90 Å². The SMILES string of the molecule is CC1CN(C(=O)NCc2ccc(N3CCOCC3)cc2)c2ccccc21. The zero-order valence-corrected chi connectivity index (χ0v) is 15.1. The van der Waals surface area contributed by atoms with E-state index in [-0.39, 0.29) is 6.03 Å². The molecule has 0 radical (unpaired) electrons. The van der Waals surface area contributed by atoms with Crippen LogP contribution in [-0.2, 0) is 11.3 Å². The molecule has 5 heteroatoms. The van der Waals surface area contributed by atoms with Crippen LogP contribution in [0.25, 0.3) is 0 Å². The normalized spacial score (nSPS) is 19.3. The summed E-state index contributed by atoms with van der Waals surface area (Å²) >= 11 is 0. The molecule has 0 spiro atoms. The molecule has 0 saturated carbocycles. The van der Waals surface area contributed by atoms with Gasteiger partial charge in [-0.1, -0.05) is 37.3 Å². The molecule has 2 aromatic rings. The van der Waals surface area contributed by atoms with Gasteiger partial charge >= 0.3 is 6.03 Å². The number of benzene rings is 2. The second-order valence-electron chi connectivity index (χ2n) is 7.00. The van der Waals surface area contributed by atoms with E-state index in [0.29, 0.717) is 12.5 Å². The van der Waals surface area contributed by atoms with Crippen molar-refractivity contribution in [1.82, 2.24) is 5.32 Å². The van der Waals surface area contributed by atoms with Crippen molar-refractivity contribution in [2.45, 2.75) is 19.4 Å². The number of hydrogen-bond donors (Lipinski definition) is 1. The van der Waals surface area contributed by atoms with Crippen LogP contribution in [0, 0.1) is 0 Å². The topological polar surface area (TPSA) is 44.8 Å². The fraction of sp³-hybridized carbons (Fsp3) is 0.381. The fourth-order valence-electron chi connectivity index (χ4n) is 3.73. The van der Waals surface area contributed by atoms with Gasteiger partial charge in [0.05, 0.1) is 13.2 Å². The first-order valence-electron chi connectivity index (χ1n) is 9.28. The number of carbonyl (C=O) groups excluding carboxylic acids is 1. The minimum atomic E-state index is -0.0287. The molecule has 0 bridgehead atoms. The van der Waals surface area contributed by atoms with Crippen molar-refractivity contribution in [3.05, 3.63) is 59.7 Å². The lowest BCUT2D eigenvalue weighted by Gasteiger charge is -2.29. The molecule has 5 nitrogen and oxygen atoms in total. The Bertz CT molecular complexity index is 769. The average Bonchev–Trinajstić information content (AvgIpc) is 3.04. The van der Waals surface area contributed by atoms with Crippen molar-refractivity contribution in [1.29, 1.82) is 0 Å². The van der Waals surface area contributed by atoms with Gasteiger partial charge in [0.25, 0.3) is 0 Å². The number of urea groups is 1. The second-order valence-corrected chi connectivity index (χ2v) is 7.00. The molecule has 1 unspecified atom stereocenters. The molecule has 2 aliphatic heterocycles. The maximum atomic E-state index is 12.6. The Morgan fingerprint density at radius 3 is 2.62 bits per heavy atom. The lowest BCUT2D eigenvalue weighted by atomic mass is 10.0. The first-order chi connectivity index (χ1) is 12.7. The number of nitrogens with zero attached hydrogens (tertiary/aromatic N) is 2. The molecular formula is C21H25N3O2. The van der Waals surface area contributed by atoms with Crippen LogP contribution in [0.5, 0.6) is 0 Å². The summed E-state index contributed by atoms with van der Waals surface area (Å²) in [5.41, 5.74) is 4.60. The Labute approximate surface area is 154 Å². The van der Waals surface area contributed by atoms with Crippen LogP contribution in [0.2, 0.25) is 0 Å². The number of hydrogen-bond acceptors (Lipinski definition) is 3. The summed E-state index contributed by atoms with van der Waals surface area (Å²) in [7, 11) is 0. The molecule has 136 valence electrons. The van der Waals surface area contributed by atoms with Crippen LogP contribution in [0.3, 0.4) is 0 Å². The number of fused-ring (bicyclic) bond motifs is 1. The zero-order valence-electron chi connectivity index (χ0n) is 15.1. The molecule has 1 saturated heterocycles. The average molecular weight is 351 g/mol. The first-order valence-corrected chi connectivity index (χ1v) is 9.28. The van der Waals surface area contributed by atoms with Crippen molar-refractivity contribution >= 4 is 17.4 Å².